The topological polar surface area (TPSA) is 81.0 Å². The Morgan fingerprint density at radius 3 is 2.57 bits per heavy atom. The molecule has 35 heavy (non-hydrogen) atoms. The van der Waals surface area contributed by atoms with Gasteiger partial charge in [-0.2, -0.15) is 0 Å². The lowest BCUT2D eigenvalue weighted by Crippen LogP contribution is -2.38. The number of hydrogen-bond donors (Lipinski definition) is 1. The number of Topliss-reactive ketones (excluding diaryl/α,β-unsaturated/α-hetero) is 1. The summed E-state index contributed by atoms with van der Waals surface area (Å²) in [6.07, 6.45) is 2.83. The Bertz CT molecular complexity index is 1290. The van der Waals surface area contributed by atoms with Gasteiger partial charge in [-0.05, 0) is 48.4 Å². The monoisotopic (exact) mass is 472 g/mol. The molecule has 0 fully saturated rings. The number of nitrogens with zero attached hydrogens (tertiary/aromatic N) is 1. The molecule has 2 aromatic carbocycles. The number of ether oxygens (including phenoxy) is 2. The maximum Gasteiger partial charge on any atom is 0.227 e. The highest BCUT2D eigenvalue weighted by molar-refractivity contribution is 6.06. The highest BCUT2D eigenvalue weighted by Gasteiger charge is 2.42. The Labute approximate surface area is 204 Å². The molecule has 0 saturated carbocycles. The number of para-hydroxylation sites is 2. The first-order valence-corrected chi connectivity index (χ1v) is 11.7. The van der Waals surface area contributed by atoms with Crippen LogP contribution in [-0.2, 0) is 9.59 Å². The van der Waals surface area contributed by atoms with Gasteiger partial charge in [-0.25, -0.2) is 0 Å². The molecule has 2 atom stereocenters. The van der Waals surface area contributed by atoms with Crippen LogP contribution < -0.4 is 19.7 Å². The first-order valence-electron chi connectivity index (χ1n) is 11.7. The maximum absolute atomic E-state index is 13.8. The van der Waals surface area contributed by atoms with E-state index in [9.17, 15) is 9.59 Å². The summed E-state index contributed by atoms with van der Waals surface area (Å²) in [7, 11) is 3.15. The second-order valence-corrected chi connectivity index (χ2v) is 8.71. The number of amides is 1. The molecule has 1 amide bonds. The van der Waals surface area contributed by atoms with Crippen molar-refractivity contribution in [3.05, 3.63) is 83.5 Å². The zero-order chi connectivity index (χ0) is 24.5. The molecule has 0 spiro atoms. The largest absolute Gasteiger partial charge is 0.493 e. The van der Waals surface area contributed by atoms with Gasteiger partial charge in [0.05, 0.1) is 37.9 Å². The van der Waals surface area contributed by atoms with E-state index in [1.165, 1.54) is 0 Å². The van der Waals surface area contributed by atoms with Crippen molar-refractivity contribution in [1.82, 2.24) is 0 Å². The number of allylic oxidation sites excluding steroid dienone is 1. The normalized spacial score (nSPS) is 19.4. The number of benzene rings is 2. The Morgan fingerprint density at radius 1 is 1.06 bits per heavy atom. The third-order valence-corrected chi connectivity index (χ3v) is 6.73. The smallest absolute Gasteiger partial charge is 0.227 e. The predicted octanol–water partition coefficient (Wildman–Crippen LogP) is 5.61. The highest BCUT2D eigenvalue weighted by atomic mass is 16.5. The molecule has 0 saturated heterocycles. The molecule has 1 aliphatic carbocycles. The molecular formula is C28H28N2O5. The van der Waals surface area contributed by atoms with Crippen LogP contribution in [0.4, 0.5) is 11.4 Å². The van der Waals surface area contributed by atoms with E-state index in [0.717, 1.165) is 28.4 Å². The van der Waals surface area contributed by atoms with E-state index >= 15 is 0 Å². The van der Waals surface area contributed by atoms with Crippen molar-refractivity contribution in [2.45, 2.75) is 38.1 Å². The Hall–Kier alpha value is -4.00. The van der Waals surface area contributed by atoms with E-state index < -0.39 is 6.04 Å². The molecule has 1 aliphatic heterocycles. The molecular weight excluding hydrogens is 444 g/mol. The van der Waals surface area contributed by atoms with Gasteiger partial charge >= 0.3 is 0 Å². The molecule has 0 bridgehead atoms. The minimum absolute atomic E-state index is 0.0124. The third kappa shape index (κ3) is 3.97. The van der Waals surface area contributed by atoms with Crippen LogP contribution in [0.2, 0.25) is 0 Å². The zero-order valence-electron chi connectivity index (χ0n) is 20.0. The summed E-state index contributed by atoms with van der Waals surface area (Å²) in [6.45, 7) is 1.83. The molecule has 5 rings (SSSR count). The summed E-state index contributed by atoms with van der Waals surface area (Å²) in [5, 5.41) is 3.51. The van der Waals surface area contributed by atoms with Gasteiger partial charge in [-0.3, -0.25) is 14.5 Å². The van der Waals surface area contributed by atoms with Crippen LogP contribution in [0.25, 0.3) is 0 Å². The van der Waals surface area contributed by atoms with Crippen LogP contribution in [0.15, 0.2) is 76.5 Å². The van der Waals surface area contributed by atoms with Gasteiger partial charge in [0, 0.05) is 30.0 Å². The summed E-state index contributed by atoms with van der Waals surface area (Å²) >= 11 is 0. The van der Waals surface area contributed by atoms with Gasteiger partial charge in [0.2, 0.25) is 5.91 Å². The van der Waals surface area contributed by atoms with Crippen molar-refractivity contribution in [2.24, 2.45) is 0 Å². The van der Waals surface area contributed by atoms with Crippen molar-refractivity contribution >= 4 is 23.1 Å². The molecule has 2 aliphatic rings. The average Bonchev–Trinajstić information content (AvgIpc) is 3.38. The molecule has 1 aromatic heterocycles. The van der Waals surface area contributed by atoms with E-state index in [2.05, 4.69) is 5.32 Å². The lowest BCUT2D eigenvalue weighted by Gasteiger charge is -2.35. The van der Waals surface area contributed by atoms with Crippen molar-refractivity contribution in [3.8, 4) is 11.5 Å². The van der Waals surface area contributed by atoms with Crippen molar-refractivity contribution < 1.29 is 23.5 Å². The van der Waals surface area contributed by atoms with Gasteiger partial charge in [0.15, 0.2) is 17.3 Å². The summed E-state index contributed by atoms with van der Waals surface area (Å²) in [5.41, 5.74) is 3.70. The number of carbonyl (C=O) groups excluding carboxylic acids is 2. The highest BCUT2D eigenvalue weighted by Crippen LogP contribution is 2.48. The van der Waals surface area contributed by atoms with Crippen molar-refractivity contribution in [2.75, 3.05) is 24.4 Å². The molecule has 7 heteroatoms. The number of anilines is 2. The van der Waals surface area contributed by atoms with Crippen LogP contribution in [-0.4, -0.2) is 25.9 Å². The molecule has 1 N–H and O–H groups in total. The van der Waals surface area contributed by atoms with Crippen LogP contribution in [0, 0.1) is 0 Å². The van der Waals surface area contributed by atoms with Gasteiger partial charge in [-0.15, -0.1) is 0 Å². The van der Waals surface area contributed by atoms with E-state index in [1.807, 2.05) is 61.5 Å². The first-order chi connectivity index (χ1) is 17.0. The number of furan rings is 1. The second kappa shape index (κ2) is 9.33. The molecule has 2 heterocycles. The Kier molecular flexibility index (Phi) is 6.07. The fourth-order valence-corrected chi connectivity index (χ4v) is 5.10. The van der Waals surface area contributed by atoms with Crippen LogP contribution in [0.3, 0.4) is 0 Å². The third-order valence-electron chi connectivity index (χ3n) is 6.73. The molecule has 3 aromatic rings. The summed E-state index contributed by atoms with van der Waals surface area (Å²) in [5.74, 6) is 1.75. The fraction of sp³-hybridized carbons (Fsp3) is 0.286. The maximum atomic E-state index is 13.8. The van der Waals surface area contributed by atoms with Crippen molar-refractivity contribution in [3.63, 3.8) is 0 Å². The lowest BCUT2D eigenvalue weighted by molar-refractivity contribution is -0.119. The van der Waals surface area contributed by atoms with E-state index in [1.54, 1.807) is 25.4 Å². The SMILES string of the molecule is CCC(=O)N1c2ccccc2NC2=C(C(=O)C[C@@H](c3ccco3)C2)[C@H]1c1ccc(OC)c(OC)c1. The minimum atomic E-state index is -0.613. The lowest BCUT2D eigenvalue weighted by atomic mass is 9.80. The summed E-state index contributed by atoms with van der Waals surface area (Å²) < 4.78 is 16.6. The van der Waals surface area contributed by atoms with Gasteiger partial charge in [0.1, 0.15) is 5.76 Å². The number of hydrogen-bond acceptors (Lipinski definition) is 6. The van der Waals surface area contributed by atoms with Crippen molar-refractivity contribution in [1.29, 1.82) is 0 Å². The van der Waals surface area contributed by atoms with Gasteiger partial charge in [0.25, 0.3) is 0 Å². The zero-order valence-corrected chi connectivity index (χ0v) is 20.0. The van der Waals surface area contributed by atoms with E-state index in [0.29, 0.717) is 36.3 Å². The van der Waals surface area contributed by atoms with E-state index in [-0.39, 0.29) is 17.6 Å². The molecule has 180 valence electrons. The number of nitrogens with one attached hydrogen (secondary N) is 1. The van der Waals surface area contributed by atoms with Crippen LogP contribution >= 0.6 is 0 Å². The van der Waals surface area contributed by atoms with Gasteiger partial charge < -0.3 is 19.2 Å². The van der Waals surface area contributed by atoms with Crippen LogP contribution in [0.1, 0.15) is 49.5 Å². The quantitative estimate of drug-likeness (QED) is 0.520. The Balaban J connectivity index is 1.74. The number of methoxy groups -OCH3 is 2. The molecule has 0 unspecified atom stereocenters. The summed E-state index contributed by atoms with van der Waals surface area (Å²) in [4.78, 5) is 29.0. The fourth-order valence-electron chi connectivity index (χ4n) is 5.10. The summed E-state index contributed by atoms with van der Waals surface area (Å²) in [6, 6.07) is 16.4. The predicted molar refractivity (Wildman–Crippen MR) is 133 cm³/mol. The number of ketones is 1. The van der Waals surface area contributed by atoms with E-state index in [4.69, 9.17) is 13.9 Å². The average molecular weight is 473 g/mol. The number of rotatable bonds is 5. The van der Waals surface area contributed by atoms with Gasteiger partial charge in [-0.1, -0.05) is 25.1 Å². The number of carbonyl (C=O) groups is 2. The Morgan fingerprint density at radius 2 is 1.86 bits per heavy atom. The second-order valence-electron chi connectivity index (χ2n) is 8.71. The minimum Gasteiger partial charge on any atom is -0.493 e. The number of fused-ring (bicyclic) bond motifs is 1. The standard InChI is InChI=1S/C28H28N2O5/c1-4-26(32)30-21-9-6-5-8-19(21)29-20-14-18(23-10-7-13-35-23)15-22(31)27(20)28(30)17-11-12-24(33-2)25(16-17)34-3/h5-13,16,18,28-29H,4,14-15H2,1-3H3/t18-,28+/m0/s1. The van der Waals surface area contributed by atoms with Crippen LogP contribution in [0.5, 0.6) is 11.5 Å². The molecule has 7 nitrogen and oxygen atoms in total. The first kappa shape index (κ1) is 22.8. The molecule has 0 radical (unpaired) electrons.